The topological polar surface area (TPSA) is 66.5 Å². The summed E-state index contributed by atoms with van der Waals surface area (Å²) in [6, 6.07) is 0. The average Bonchev–Trinajstić information content (AvgIpc) is 2.25. The molecule has 0 aromatic rings. The van der Waals surface area contributed by atoms with Crippen LogP contribution in [0.25, 0.3) is 0 Å². The van der Waals surface area contributed by atoms with Crippen LogP contribution in [-0.4, -0.2) is 41.1 Å². The van der Waals surface area contributed by atoms with Crippen LogP contribution < -0.4 is 5.32 Å². The number of carbonyl (C=O) groups excluding carboxylic acids is 3. The smallest absolute Gasteiger partial charge is 0.246 e. The molecule has 0 atom stereocenters. The van der Waals surface area contributed by atoms with E-state index in [4.69, 9.17) is 0 Å². The Morgan fingerprint density at radius 1 is 1.41 bits per heavy atom. The van der Waals surface area contributed by atoms with E-state index in [2.05, 4.69) is 5.32 Å². The SMILES string of the molecule is CCC(=O)CCCN1CC(=O)NC(=O)C1(C)C. The minimum Gasteiger partial charge on any atom is -0.300 e. The summed E-state index contributed by atoms with van der Waals surface area (Å²) in [5.74, 6) is -0.317. The van der Waals surface area contributed by atoms with Crippen molar-refractivity contribution in [2.45, 2.75) is 45.6 Å². The maximum Gasteiger partial charge on any atom is 0.246 e. The van der Waals surface area contributed by atoms with Crippen LogP contribution in [-0.2, 0) is 14.4 Å². The van der Waals surface area contributed by atoms with E-state index in [-0.39, 0.29) is 24.1 Å². The zero-order chi connectivity index (χ0) is 13.1. The van der Waals surface area contributed by atoms with Crippen molar-refractivity contribution in [3.05, 3.63) is 0 Å². The van der Waals surface area contributed by atoms with E-state index in [0.717, 1.165) is 0 Å². The van der Waals surface area contributed by atoms with Crippen LogP contribution in [0.4, 0.5) is 0 Å². The van der Waals surface area contributed by atoms with Crippen LogP contribution >= 0.6 is 0 Å². The molecule has 2 amide bonds. The van der Waals surface area contributed by atoms with Crippen LogP contribution in [0, 0.1) is 0 Å². The normalized spacial score (nSPS) is 20.2. The molecule has 0 spiro atoms. The van der Waals surface area contributed by atoms with Gasteiger partial charge in [0.1, 0.15) is 5.78 Å². The van der Waals surface area contributed by atoms with Crippen molar-refractivity contribution in [1.82, 2.24) is 10.2 Å². The first-order valence-electron chi connectivity index (χ1n) is 5.99. The molecule has 5 heteroatoms. The third-order valence-electron chi connectivity index (χ3n) is 3.21. The predicted molar refractivity (Wildman–Crippen MR) is 63.3 cm³/mol. The number of carbonyl (C=O) groups is 3. The van der Waals surface area contributed by atoms with Crippen molar-refractivity contribution >= 4 is 17.6 Å². The molecule has 1 heterocycles. The summed E-state index contributed by atoms with van der Waals surface area (Å²) in [4.78, 5) is 35.9. The van der Waals surface area contributed by atoms with E-state index >= 15 is 0 Å². The minimum atomic E-state index is -0.677. The molecule has 0 saturated carbocycles. The summed E-state index contributed by atoms with van der Waals surface area (Å²) in [7, 11) is 0. The highest BCUT2D eigenvalue weighted by Gasteiger charge is 2.40. The molecule has 0 radical (unpaired) electrons. The molecule has 0 aromatic carbocycles. The van der Waals surface area contributed by atoms with Gasteiger partial charge in [0.05, 0.1) is 12.1 Å². The number of nitrogens with zero attached hydrogens (tertiary/aromatic N) is 1. The van der Waals surface area contributed by atoms with Crippen molar-refractivity contribution in [3.8, 4) is 0 Å². The summed E-state index contributed by atoms with van der Waals surface area (Å²) in [6.07, 6.45) is 1.75. The van der Waals surface area contributed by atoms with Crippen molar-refractivity contribution in [3.63, 3.8) is 0 Å². The number of imide groups is 1. The largest absolute Gasteiger partial charge is 0.300 e. The molecule has 1 aliphatic rings. The monoisotopic (exact) mass is 240 g/mol. The van der Waals surface area contributed by atoms with Gasteiger partial charge in [0.2, 0.25) is 11.8 Å². The van der Waals surface area contributed by atoms with Gasteiger partial charge in [0.25, 0.3) is 0 Å². The zero-order valence-corrected chi connectivity index (χ0v) is 10.7. The van der Waals surface area contributed by atoms with Gasteiger partial charge in [-0.15, -0.1) is 0 Å². The van der Waals surface area contributed by atoms with Gasteiger partial charge in [0.15, 0.2) is 0 Å². The fraction of sp³-hybridized carbons (Fsp3) is 0.750. The van der Waals surface area contributed by atoms with Crippen LogP contribution in [0.15, 0.2) is 0 Å². The molecule has 96 valence electrons. The van der Waals surface area contributed by atoms with Crippen molar-refractivity contribution in [2.75, 3.05) is 13.1 Å². The first kappa shape index (κ1) is 13.8. The van der Waals surface area contributed by atoms with Crippen LogP contribution in [0.3, 0.4) is 0 Å². The number of amides is 2. The standard InChI is InChI=1S/C12H20N2O3/c1-4-9(15)6-5-7-14-8-10(16)13-11(17)12(14,2)3/h4-8H2,1-3H3,(H,13,16,17). The molecule has 0 aromatic heterocycles. The van der Waals surface area contributed by atoms with Gasteiger partial charge in [-0.25, -0.2) is 0 Å². The molecule has 17 heavy (non-hydrogen) atoms. The molecule has 1 N–H and O–H groups in total. The third-order valence-corrected chi connectivity index (χ3v) is 3.21. The number of hydrogen-bond acceptors (Lipinski definition) is 4. The summed E-state index contributed by atoms with van der Waals surface area (Å²) in [5.41, 5.74) is -0.677. The molecular weight excluding hydrogens is 220 g/mol. The Labute approximate surface area is 102 Å². The third kappa shape index (κ3) is 3.36. The molecule has 1 aliphatic heterocycles. The number of piperazine rings is 1. The lowest BCUT2D eigenvalue weighted by Crippen LogP contribution is -2.64. The Kier molecular flexibility index (Phi) is 4.40. The minimum absolute atomic E-state index is 0.218. The summed E-state index contributed by atoms with van der Waals surface area (Å²) in [6.45, 7) is 6.23. The van der Waals surface area contributed by atoms with Crippen LogP contribution in [0.2, 0.25) is 0 Å². The summed E-state index contributed by atoms with van der Waals surface area (Å²) < 4.78 is 0. The molecule has 0 aliphatic carbocycles. The van der Waals surface area contributed by atoms with E-state index in [0.29, 0.717) is 25.8 Å². The van der Waals surface area contributed by atoms with Crippen molar-refractivity contribution < 1.29 is 14.4 Å². The highest BCUT2D eigenvalue weighted by Crippen LogP contribution is 2.18. The lowest BCUT2D eigenvalue weighted by atomic mass is 9.98. The number of rotatable bonds is 5. The Morgan fingerprint density at radius 2 is 2.06 bits per heavy atom. The van der Waals surface area contributed by atoms with Gasteiger partial charge >= 0.3 is 0 Å². The molecular formula is C12H20N2O3. The highest BCUT2D eigenvalue weighted by molar-refractivity contribution is 6.02. The molecule has 1 fully saturated rings. The zero-order valence-electron chi connectivity index (χ0n) is 10.7. The van der Waals surface area contributed by atoms with E-state index in [1.54, 1.807) is 13.8 Å². The van der Waals surface area contributed by atoms with Gasteiger partial charge in [-0.3, -0.25) is 24.6 Å². The van der Waals surface area contributed by atoms with Gasteiger partial charge in [-0.2, -0.15) is 0 Å². The molecule has 0 bridgehead atoms. The molecule has 1 saturated heterocycles. The Bertz CT molecular complexity index is 337. The van der Waals surface area contributed by atoms with Crippen LogP contribution in [0.5, 0.6) is 0 Å². The summed E-state index contributed by atoms with van der Waals surface area (Å²) in [5, 5.41) is 2.32. The van der Waals surface area contributed by atoms with Gasteiger partial charge in [-0.1, -0.05) is 6.92 Å². The lowest BCUT2D eigenvalue weighted by Gasteiger charge is -2.40. The second-order valence-corrected chi connectivity index (χ2v) is 4.85. The molecule has 5 nitrogen and oxygen atoms in total. The number of Topliss-reactive ketones (excluding diaryl/α,β-unsaturated/α-hetero) is 1. The maximum atomic E-state index is 11.6. The second kappa shape index (κ2) is 5.40. The lowest BCUT2D eigenvalue weighted by molar-refractivity contribution is -0.145. The van der Waals surface area contributed by atoms with Gasteiger partial charge in [0, 0.05) is 19.4 Å². The van der Waals surface area contributed by atoms with Crippen molar-refractivity contribution in [1.29, 1.82) is 0 Å². The van der Waals surface area contributed by atoms with E-state index in [1.165, 1.54) is 0 Å². The maximum absolute atomic E-state index is 11.6. The predicted octanol–water partition coefficient (Wildman–Crippen LogP) is 0.483. The summed E-state index contributed by atoms with van der Waals surface area (Å²) >= 11 is 0. The highest BCUT2D eigenvalue weighted by atomic mass is 16.2. The number of nitrogens with one attached hydrogen (secondary N) is 1. The first-order chi connectivity index (χ1) is 7.87. The molecule has 1 rings (SSSR count). The van der Waals surface area contributed by atoms with Gasteiger partial charge in [-0.05, 0) is 20.3 Å². The van der Waals surface area contributed by atoms with E-state index < -0.39 is 5.54 Å². The van der Waals surface area contributed by atoms with Gasteiger partial charge < -0.3 is 0 Å². The Morgan fingerprint density at radius 3 is 2.65 bits per heavy atom. The first-order valence-corrected chi connectivity index (χ1v) is 5.99. The van der Waals surface area contributed by atoms with E-state index in [1.807, 2.05) is 11.8 Å². The average molecular weight is 240 g/mol. The number of ketones is 1. The Balaban J connectivity index is 2.53. The fourth-order valence-corrected chi connectivity index (χ4v) is 1.84. The van der Waals surface area contributed by atoms with E-state index in [9.17, 15) is 14.4 Å². The fourth-order valence-electron chi connectivity index (χ4n) is 1.84. The number of hydrogen-bond donors (Lipinski definition) is 1. The molecule has 0 unspecified atom stereocenters. The van der Waals surface area contributed by atoms with Crippen molar-refractivity contribution in [2.24, 2.45) is 0 Å². The Hall–Kier alpha value is -1.23. The second-order valence-electron chi connectivity index (χ2n) is 4.85. The van der Waals surface area contributed by atoms with Crippen LogP contribution in [0.1, 0.15) is 40.0 Å². The quantitative estimate of drug-likeness (QED) is 0.710.